The van der Waals surface area contributed by atoms with Gasteiger partial charge in [0, 0.05) is 31.6 Å². The molecule has 0 saturated heterocycles. The Hall–Kier alpha value is -3.78. The molecule has 0 fully saturated rings. The molecule has 0 atom stereocenters. The molecule has 0 unspecified atom stereocenters. The van der Waals surface area contributed by atoms with E-state index in [-0.39, 0.29) is 30.7 Å². The van der Waals surface area contributed by atoms with Crippen molar-refractivity contribution < 1.29 is 18.8 Å². The summed E-state index contributed by atoms with van der Waals surface area (Å²) in [5.41, 5.74) is 1.72. The number of benzene rings is 2. The minimum atomic E-state index is -0.471. The van der Waals surface area contributed by atoms with Crippen molar-refractivity contribution in [1.82, 2.24) is 10.2 Å². The molecule has 166 valence electrons. The number of hydrogen-bond donors (Lipinski definition) is 3. The van der Waals surface area contributed by atoms with E-state index in [9.17, 15) is 14.4 Å². The molecule has 4 amide bonds. The molecule has 0 aliphatic rings. The molecule has 2 aromatic carbocycles. The fourth-order valence-electron chi connectivity index (χ4n) is 2.88. The summed E-state index contributed by atoms with van der Waals surface area (Å²) in [5.74, 6) is -0.669. The summed E-state index contributed by atoms with van der Waals surface area (Å²) in [6.45, 7) is 0.619. The summed E-state index contributed by atoms with van der Waals surface area (Å²) in [6.07, 6.45) is 1.44. The lowest BCUT2D eigenvalue weighted by Crippen LogP contribution is -2.38. The predicted molar refractivity (Wildman–Crippen MR) is 123 cm³/mol. The number of carbonyl (C=O) groups excluding carboxylic acids is 3. The third-order valence-electron chi connectivity index (χ3n) is 4.49. The fourth-order valence-corrected chi connectivity index (χ4v) is 3.05. The molecule has 0 bridgehead atoms. The van der Waals surface area contributed by atoms with Crippen molar-refractivity contribution in [2.24, 2.45) is 0 Å². The van der Waals surface area contributed by atoms with Crippen LogP contribution in [0, 0.1) is 0 Å². The molecule has 9 heteroatoms. The van der Waals surface area contributed by atoms with E-state index < -0.39 is 5.91 Å². The van der Waals surface area contributed by atoms with Gasteiger partial charge in [0.05, 0.1) is 17.6 Å². The van der Waals surface area contributed by atoms with Crippen LogP contribution in [-0.4, -0.2) is 36.3 Å². The molecule has 32 heavy (non-hydrogen) atoms. The van der Waals surface area contributed by atoms with Crippen LogP contribution in [0.5, 0.6) is 0 Å². The number of nitrogens with one attached hydrogen (secondary N) is 3. The lowest BCUT2D eigenvalue weighted by molar-refractivity contribution is -0.116. The van der Waals surface area contributed by atoms with Crippen molar-refractivity contribution in [2.45, 2.75) is 13.0 Å². The summed E-state index contributed by atoms with van der Waals surface area (Å²) in [4.78, 5) is 38.4. The standard InChI is InChI=1S/C23H23ClN4O4/c1-28(15-16-6-3-2-4-7-16)23(31)25-12-11-21(29)26-18-10-9-17(24)14-19(18)27-22(30)20-8-5-13-32-20/h2-10,13-14H,11-12,15H2,1H3,(H,25,31)(H,26,29)(H,27,30). The van der Waals surface area contributed by atoms with Gasteiger partial charge in [-0.1, -0.05) is 41.9 Å². The molecule has 1 heterocycles. The first kappa shape index (κ1) is 22.9. The number of furan rings is 1. The van der Waals surface area contributed by atoms with E-state index in [2.05, 4.69) is 16.0 Å². The molecule has 3 rings (SSSR count). The van der Waals surface area contributed by atoms with E-state index in [4.69, 9.17) is 16.0 Å². The van der Waals surface area contributed by atoms with Crippen LogP contribution in [-0.2, 0) is 11.3 Å². The number of rotatable bonds is 8. The van der Waals surface area contributed by atoms with Crippen LogP contribution in [0.15, 0.2) is 71.3 Å². The van der Waals surface area contributed by atoms with Crippen molar-refractivity contribution in [2.75, 3.05) is 24.2 Å². The van der Waals surface area contributed by atoms with Crippen molar-refractivity contribution in [1.29, 1.82) is 0 Å². The van der Waals surface area contributed by atoms with Gasteiger partial charge in [-0.05, 0) is 35.9 Å². The van der Waals surface area contributed by atoms with Crippen molar-refractivity contribution in [3.63, 3.8) is 0 Å². The Labute approximate surface area is 190 Å². The molecular formula is C23H23ClN4O4. The minimum Gasteiger partial charge on any atom is -0.459 e. The molecular weight excluding hydrogens is 432 g/mol. The Morgan fingerprint density at radius 3 is 2.47 bits per heavy atom. The number of carbonyl (C=O) groups is 3. The first-order valence-corrected chi connectivity index (χ1v) is 10.3. The molecule has 0 spiro atoms. The number of anilines is 2. The third-order valence-corrected chi connectivity index (χ3v) is 4.72. The average Bonchev–Trinajstić information content (AvgIpc) is 3.31. The maximum Gasteiger partial charge on any atom is 0.317 e. The molecule has 0 aliphatic carbocycles. The van der Waals surface area contributed by atoms with Crippen LogP contribution in [0.1, 0.15) is 22.5 Å². The van der Waals surface area contributed by atoms with Crippen molar-refractivity contribution in [3.8, 4) is 0 Å². The monoisotopic (exact) mass is 454 g/mol. The highest BCUT2D eigenvalue weighted by Gasteiger charge is 2.14. The molecule has 3 N–H and O–H groups in total. The number of hydrogen-bond acceptors (Lipinski definition) is 4. The zero-order valence-electron chi connectivity index (χ0n) is 17.4. The van der Waals surface area contributed by atoms with Gasteiger partial charge in [0.25, 0.3) is 5.91 Å². The average molecular weight is 455 g/mol. The van der Waals surface area contributed by atoms with Crippen LogP contribution < -0.4 is 16.0 Å². The normalized spacial score (nSPS) is 10.3. The van der Waals surface area contributed by atoms with E-state index in [1.807, 2.05) is 30.3 Å². The van der Waals surface area contributed by atoms with Gasteiger partial charge in [-0.3, -0.25) is 9.59 Å². The molecule has 0 aliphatic heterocycles. The van der Waals surface area contributed by atoms with Crippen molar-refractivity contribution in [3.05, 3.63) is 83.3 Å². The van der Waals surface area contributed by atoms with Gasteiger partial charge in [-0.25, -0.2) is 4.79 Å². The Morgan fingerprint density at radius 1 is 0.969 bits per heavy atom. The van der Waals surface area contributed by atoms with Gasteiger partial charge in [0.1, 0.15) is 0 Å². The molecule has 1 aromatic heterocycles. The van der Waals surface area contributed by atoms with Gasteiger partial charge >= 0.3 is 6.03 Å². The number of nitrogens with zero attached hydrogens (tertiary/aromatic N) is 1. The predicted octanol–water partition coefficient (Wildman–Crippen LogP) is 4.36. The molecule has 8 nitrogen and oxygen atoms in total. The number of urea groups is 1. The largest absolute Gasteiger partial charge is 0.459 e. The SMILES string of the molecule is CN(Cc1ccccc1)C(=O)NCCC(=O)Nc1ccc(Cl)cc1NC(=O)c1ccco1. The van der Waals surface area contributed by atoms with Crippen LogP contribution in [0.25, 0.3) is 0 Å². The van der Waals surface area contributed by atoms with Gasteiger partial charge < -0.3 is 25.3 Å². The Bertz CT molecular complexity index is 1070. The zero-order valence-corrected chi connectivity index (χ0v) is 18.2. The maximum atomic E-state index is 12.4. The number of halogens is 1. The minimum absolute atomic E-state index is 0.0547. The first-order chi connectivity index (χ1) is 15.4. The molecule has 3 aromatic rings. The topological polar surface area (TPSA) is 104 Å². The Morgan fingerprint density at radius 2 is 1.75 bits per heavy atom. The summed E-state index contributed by atoms with van der Waals surface area (Å²) in [7, 11) is 1.68. The molecule has 0 radical (unpaired) electrons. The second-order valence-corrected chi connectivity index (χ2v) is 7.43. The van der Waals surface area contributed by atoms with Gasteiger partial charge in [0.15, 0.2) is 5.76 Å². The van der Waals surface area contributed by atoms with Gasteiger partial charge in [-0.2, -0.15) is 0 Å². The van der Waals surface area contributed by atoms with Gasteiger partial charge in [-0.15, -0.1) is 0 Å². The zero-order chi connectivity index (χ0) is 22.9. The summed E-state index contributed by atoms with van der Waals surface area (Å²) in [5, 5.41) is 8.50. The highest BCUT2D eigenvalue weighted by atomic mass is 35.5. The first-order valence-electron chi connectivity index (χ1n) is 9.89. The van der Waals surface area contributed by atoms with E-state index >= 15 is 0 Å². The van der Waals surface area contributed by atoms with Crippen LogP contribution in [0.3, 0.4) is 0 Å². The van der Waals surface area contributed by atoms with E-state index in [1.54, 1.807) is 25.2 Å². The van der Waals surface area contributed by atoms with Gasteiger partial charge in [0.2, 0.25) is 5.91 Å². The Balaban J connectivity index is 1.50. The maximum absolute atomic E-state index is 12.4. The van der Waals surface area contributed by atoms with E-state index in [0.29, 0.717) is 22.9 Å². The summed E-state index contributed by atoms with van der Waals surface area (Å²) < 4.78 is 5.07. The van der Waals surface area contributed by atoms with Crippen molar-refractivity contribution >= 4 is 40.8 Å². The van der Waals surface area contributed by atoms with Crippen LogP contribution in [0.4, 0.5) is 16.2 Å². The smallest absolute Gasteiger partial charge is 0.317 e. The number of amides is 4. The fraction of sp³-hybridized carbons (Fsp3) is 0.174. The van der Waals surface area contributed by atoms with Crippen LogP contribution in [0.2, 0.25) is 5.02 Å². The van der Waals surface area contributed by atoms with E-state index in [1.165, 1.54) is 23.3 Å². The van der Waals surface area contributed by atoms with E-state index in [0.717, 1.165) is 5.56 Å². The van der Waals surface area contributed by atoms with Crippen LogP contribution >= 0.6 is 11.6 Å². The lowest BCUT2D eigenvalue weighted by Gasteiger charge is -2.18. The summed E-state index contributed by atoms with van der Waals surface area (Å²) in [6, 6.07) is 17.2. The quantitative estimate of drug-likeness (QED) is 0.470. The highest BCUT2D eigenvalue weighted by molar-refractivity contribution is 6.31. The second kappa shape index (κ2) is 11.0. The summed E-state index contributed by atoms with van der Waals surface area (Å²) >= 11 is 6.03. The third kappa shape index (κ3) is 6.61. The second-order valence-electron chi connectivity index (χ2n) is 6.99. The highest BCUT2D eigenvalue weighted by Crippen LogP contribution is 2.26. The Kier molecular flexibility index (Phi) is 7.88. The molecule has 0 saturated carbocycles. The lowest BCUT2D eigenvalue weighted by atomic mass is 10.2.